The van der Waals surface area contributed by atoms with Crippen LogP contribution in [0.15, 0.2) is 6.07 Å². The Kier molecular flexibility index (Phi) is 1.77. The zero-order valence-corrected chi connectivity index (χ0v) is 6.26. The number of rotatable bonds is 1. The topological polar surface area (TPSA) is 17.8 Å². The van der Waals surface area contributed by atoms with Gasteiger partial charge < -0.3 is 0 Å². The first kappa shape index (κ1) is 6.88. The second kappa shape index (κ2) is 2.57. The summed E-state index contributed by atoms with van der Waals surface area (Å²) in [4.78, 5) is 0. The van der Waals surface area contributed by atoms with Crippen LogP contribution in [0, 0.1) is 26.2 Å². The highest BCUT2D eigenvalue weighted by atomic mass is 15.3. The summed E-state index contributed by atoms with van der Waals surface area (Å²) in [5.74, 6) is 2.54. The Balaban J connectivity index is 2.94. The maximum Gasteiger partial charge on any atom is 0.102 e. The van der Waals surface area contributed by atoms with Crippen LogP contribution < -0.4 is 0 Å². The lowest BCUT2D eigenvalue weighted by molar-refractivity contribution is 0.684. The monoisotopic (exact) mass is 134 g/mol. The quantitative estimate of drug-likeness (QED) is 0.526. The standard InChI is InChI=1S/C8H10N2/c1-4-5-10-8(3)6-7(2)9-10/h1,6H,5H2,2-3H3. The summed E-state index contributed by atoms with van der Waals surface area (Å²) >= 11 is 0. The summed E-state index contributed by atoms with van der Waals surface area (Å²) in [7, 11) is 0. The fraction of sp³-hybridized carbons (Fsp3) is 0.375. The van der Waals surface area contributed by atoms with Crippen LogP contribution in [0.5, 0.6) is 0 Å². The molecule has 0 bridgehead atoms. The van der Waals surface area contributed by atoms with E-state index in [0.717, 1.165) is 11.4 Å². The van der Waals surface area contributed by atoms with Crippen LogP contribution in [0.2, 0.25) is 0 Å². The van der Waals surface area contributed by atoms with E-state index >= 15 is 0 Å². The van der Waals surface area contributed by atoms with Crippen molar-refractivity contribution in [2.45, 2.75) is 20.4 Å². The molecule has 2 nitrogen and oxygen atoms in total. The number of aryl methyl sites for hydroxylation is 2. The Morgan fingerprint density at radius 1 is 1.70 bits per heavy atom. The third-order valence-electron chi connectivity index (χ3n) is 1.34. The molecule has 10 heavy (non-hydrogen) atoms. The van der Waals surface area contributed by atoms with Crippen molar-refractivity contribution >= 4 is 0 Å². The minimum Gasteiger partial charge on any atom is -0.258 e. The molecule has 0 saturated heterocycles. The van der Waals surface area contributed by atoms with Crippen LogP contribution >= 0.6 is 0 Å². The van der Waals surface area contributed by atoms with E-state index in [1.165, 1.54) is 0 Å². The molecule has 0 aliphatic rings. The average Bonchev–Trinajstić information content (AvgIpc) is 2.13. The molecule has 1 aromatic rings. The molecule has 2 heteroatoms. The van der Waals surface area contributed by atoms with E-state index in [1.807, 2.05) is 24.6 Å². The summed E-state index contributed by atoms with van der Waals surface area (Å²) in [6.45, 7) is 4.52. The molecular weight excluding hydrogens is 124 g/mol. The minimum absolute atomic E-state index is 0.569. The van der Waals surface area contributed by atoms with E-state index in [1.54, 1.807) is 0 Å². The molecule has 0 unspecified atom stereocenters. The molecule has 0 radical (unpaired) electrons. The van der Waals surface area contributed by atoms with Gasteiger partial charge in [-0.1, -0.05) is 5.92 Å². The summed E-state index contributed by atoms with van der Waals surface area (Å²) in [5, 5.41) is 4.17. The molecule has 1 rings (SSSR count). The Labute approximate surface area is 60.9 Å². The average molecular weight is 134 g/mol. The van der Waals surface area contributed by atoms with E-state index in [-0.39, 0.29) is 0 Å². The number of terminal acetylenes is 1. The molecule has 0 saturated carbocycles. The van der Waals surface area contributed by atoms with Gasteiger partial charge in [0.2, 0.25) is 0 Å². The van der Waals surface area contributed by atoms with Crippen molar-refractivity contribution in [2.75, 3.05) is 0 Å². The van der Waals surface area contributed by atoms with Crippen molar-refractivity contribution in [2.24, 2.45) is 0 Å². The van der Waals surface area contributed by atoms with Gasteiger partial charge in [-0.05, 0) is 19.9 Å². The highest BCUT2D eigenvalue weighted by molar-refractivity contribution is 5.07. The lowest BCUT2D eigenvalue weighted by Crippen LogP contribution is -1.99. The molecule has 0 atom stereocenters. The van der Waals surface area contributed by atoms with E-state index in [2.05, 4.69) is 11.0 Å². The van der Waals surface area contributed by atoms with Gasteiger partial charge >= 0.3 is 0 Å². The second-order valence-electron chi connectivity index (χ2n) is 2.29. The summed E-state index contributed by atoms with van der Waals surface area (Å²) in [6, 6.07) is 2.01. The lowest BCUT2D eigenvalue weighted by Gasteiger charge is -1.94. The SMILES string of the molecule is C#CCn1nc(C)cc1C. The Hall–Kier alpha value is -1.23. The van der Waals surface area contributed by atoms with Gasteiger partial charge in [-0.2, -0.15) is 5.10 Å². The fourth-order valence-electron chi connectivity index (χ4n) is 0.921. The number of aromatic nitrogens is 2. The van der Waals surface area contributed by atoms with Crippen LogP contribution in [-0.2, 0) is 6.54 Å². The van der Waals surface area contributed by atoms with Crippen LogP contribution in [0.1, 0.15) is 11.4 Å². The molecule has 1 heterocycles. The smallest absolute Gasteiger partial charge is 0.102 e. The van der Waals surface area contributed by atoms with Gasteiger partial charge in [0, 0.05) is 5.69 Å². The first-order valence-corrected chi connectivity index (χ1v) is 3.18. The number of nitrogens with zero attached hydrogens (tertiary/aromatic N) is 2. The third kappa shape index (κ3) is 1.19. The molecule has 0 aromatic carbocycles. The third-order valence-corrected chi connectivity index (χ3v) is 1.34. The van der Waals surface area contributed by atoms with Crippen molar-refractivity contribution in [3.63, 3.8) is 0 Å². The summed E-state index contributed by atoms with van der Waals surface area (Å²) in [6.07, 6.45) is 5.13. The minimum atomic E-state index is 0.569. The first-order chi connectivity index (χ1) is 4.74. The number of hydrogen-bond acceptors (Lipinski definition) is 1. The van der Waals surface area contributed by atoms with Crippen LogP contribution in [0.4, 0.5) is 0 Å². The van der Waals surface area contributed by atoms with E-state index in [9.17, 15) is 0 Å². The molecule has 0 fully saturated rings. The molecule has 0 N–H and O–H groups in total. The summed E-state index contributed by atoms with van der Waals surface area (Å²) in [5.41, 5.74) is 2.14. The molecule has 1 aromatic heterocycles. The van der Waals surface area contributed by atoms with E-state index < -0.39 is 0 Å². The number of hydrogen-bond donors (Lipinski definition) is 0. The van der Waals surface area contributed by atoms with Crippen LogP contribution in [0.3, 0.4) is 0 Å². The maximum absolute atomic E-state index is 5.13. The van der Waals surface area contributed by atoms with Crippen molar-refractivity contribution in [1.82, 2.24) is 9.78 Å². The summed E-state index contributed by atoms with van der Waals surface area (Å²) < 4.78 is 1.81. The van der Waals surface area contributed by atoms with Gasteiger partial charge in [-0.3, -0.25) is 4.68 Å². The molecule has 52 valence electrons. The Bertz CT molecular complexity index is 265. The fourth-order valence-corrected chi connectivity index (χ4v) is 0.921. The highest BCUT2D eigenvalue weighted by Gasteiger charge is 1.96. The van der Waals surface area contributed by atoms with Crippen molar-refractivity contribution in [3.05, 3.63) is 17.5 Å². The van der Waals surface area contributed by atoms with Gasteiger partial charge in [0.1, 0.15) is 6.54 Å². The van der Waals surface area contributed by atoms with Crippen molar-refractivity contribution < 1.29 is 0 Å². The zero-order valence-electron chi connectivity index (χ0n) is 6.26. The molecule has 0 aliphatic carbocycles. The largest absolute Gasteiger partial charge is 0.258 e. The molecular formula is C8H10N2. The predicted octanol–water partition coefficient (Wildman–Crippen LogP) is 1.13. The maximum atomic E-state index is 5.13. The van der Waals surface area contributed by atoms with E-state index in [0.29, 0.717) is 6.54 Å². The van der Waals surface area contributed by atoms with Gasteiger partial charge in [-0.25, -0.2) is 0 Å². The lowest BCUT2D eigenvalue weighted by atomic mass is 10.4. The van der Waals surface area contributed by atoms with Gasteiger partial charge in [0.05, 0.1) is 5.69 Å². The van der Waals surface area contributed by atoms with Gasteiger partial charge in [0.25, 0.3) is 0 Å². The predicted molar refractivity (Wildman–Crippen MR) is 40.5 cm³/mol. The van der Waals surface area contributed by atoms with Crippen LogP contribution in [0.25, 0.3) is 0 Å². The van der Waals surface area contributed by atoms with Gasteiger partial charge in [0.15, 0.2) is 0 Å². The normalized spacial score (nSPS) is 9.30. The highest BCUT2D eigenvalue weighted by Crippen LogP contribution is 1.99. The molecule has 0 amide bonds. The first-order valence-electron chi connectivity index (χ1n) is 3.18. The zero-order chi connectivity index (χ0) is 7.56. The Morgan fingerprint density at radius 2 is 2.40 bits per heavy atom. The Morgan fingerprint density at radius 3 is 2.80 bits per heavy atom. The van der Waals surface area contributed by atoms with Crippen molar-refractivity contribution in [3.8, 4) is 12.3 Å². The van der Waals surface area contributed by atoms with E-state index in [4.69, 9.17) is 6.42 Å². The van der Waals surface area contributed by atoms with Gasteiger partial charge in [-0.15, -0.1) is 6.42 Å². The van der Waals surface area contributed by atoms with Crippen LogP contribution in [-0.4, -0.2) is 9.78 Å². The molecule has 0 spiro atoms. The molecule has 0 aliphatic heterocycles. The second-order valence-corrected chi connectivity index (χ2v) is 2.29. The van der Waals surface area contributed by atoms with Crippen molar-refractivity contribution in [1.29, 1.82) is 0 Å².